The molecular formula is C32H52O8. The quantitative estimate of drug-likeness (QED) is 0.302. The van der Waals surface area contributed by atoms with Crippen LogP contribution in [0.5, 0.6) is 0 Å². The Kier molecular flexibility index (Phi) is 8.41. The fourth-order valence-corrected chi connectivity index (χ4v) is 10.2. The molecule has 1 heterocycles. The van der Waals surface area contributed by atoms with Crippen molar-refractivity contribution in [2.75, 3.05) is 6.61 Å². The molecule has 8 nitrogen and oxygen atoms in total. The molecule has 4 aliphatic carbocycles. The minimum Gasteiger partial charge on any atom is -0.481 e. The zero-order valence-corrected chi connectivity index (χ0v) is 25.3. The van der Waals surface area contributed by atoms with Crippen LogP contribution >= 0.6 is 0 Å². The van der Waals surface area contributed by atoms with Crippen molar-refractivity contribution in [1.82, 2.24) is 0 Å². The number of rotatable bonds is 7. The third kappa shape index (κ3) is 4.92. The van der Waals surface area contributed by atoms with E-state index >= 15 is 0 Å². The number of aliphatic hydroxyl groups is 2. The lowest BCUT2D eigenvalue weighted by Gasteiger charge is -2.62. The largest absolute Gasteiger partial charge is 0.481 e. The molecule has 5 rings (SSSR count). The Balaban J connectivity index is 1.42. The van der Waals surface area contributed by atoms with Crippen molar-refractivity contribution in [3.8, 4) is 0 Å². The predicted octanol–water partition coefficient (Wildman–Crippen LogP) is 4.64. The molecule has 0 aromatic carbocycles. The van der Waals surface area contributed by atoms with Crippen molar-refractivity contribution >= 4 is 11.9 Å². The summed E-state index contributed by atoms with van der Waals surface area (Å²) in [5.41, 5.74) is -0.422. The van der Waals surface area contributed by atoms with E-state index in [0.717, 1.165) is 32.1 Å². The topological polar surface area (TPSA) is 123 Å². The van der Waals surface area contributed by atoms with Gasteiger partial charge in [0.25, 0.3) is 0 Å². The Labute approximate surface area is 239 Å². The first-order valence-corrected chi connectivity index (χ1v) is 15.8. The average Bonchev–Trinajstić information content (AvgIpc) is 3.06. The summed E-state index contributed by atoms with van der Waals surface area (Å²) < 4.78 is 18.9. The summed E-state index contributed by atoms with van der Waals surface area (Å²) >= 11 is 0. The zero-order valence-electron chi connectivity index (χ0n) is 25.3. The van der Waals surface area contributed by atoms with Crippen LogP contribution in [0.1, 0.15) is 92.9 Å². The van der Waals surface area contributed by atoms with Crippen LogP contribution < -0.4 is 0 Å². The maximum atomic E-state index is 12.7. The molecule has 3 N–H and O–H groups in total. The number of hydrogen-bond donors (Lipinski definition) is 3. The fourth-order valence-electron chi connectivity index (χ4n) is 10.2. The van der Waals surface area contributed by atoms with Crippen LogP contribution in [0.25, 0.3) is 0 Å². The summed E-state index contributed by atoms with van der Waals surface area (Å²) in [6, 6.07) is 0. The van der Waals surface area contributed by atoms with Gasteiger partial charge in [-0.1, -0.05) is 41.5 Å². The predicted molar refractivity (Wildman–Crippen MR) is 148 cm³/mol. The number of esters is 1. The molecule has 228 valence electrons. The lowest BCUT2D eigenvalue weighted by Crippen LogP contribution is -2.60. The highest BCUT2D eigenvalue weighted by Gasteiger charge is 2.67. The number of fused-ring (bicyclic) bond motifs is 3. The van der Waals surface area contributed by atoms with Gasteiger partial charge >= 0.3 is 11.9 Å². The molecule has 1 saturated heterocycles. The molecule has 40 heavy (non-hydrogen) atoms. The van der Waals surface area contributed by atoms with Crippen LogP contribution in [0, 0.1) is 58.2 Å². The van der Waals surface area contributed by atoms with Gasteiger partial charge in [-0.05, 0) is 85.9 Å². The van der Waals surface area contributed by atoms with E-state index in [-0.39, 0.29) is 71.1 Å². The monoisotopic (exact) mass is 564 g/mol. The van der Waals surface area contributed by atoms with Gasteiger partial charge in [-0.2, -0.15) is 0 Å². The summed E-state index contributed by atoms with van der Waals surface area (Å²) in [6.07, 6.45) is 3.57. The van der Waals surface area contributed by atoms with E-state index in [1.54, 1.807) is 0 Å². The summed E-state index contributed by atoms with van der Waals surface area (Å²) in [6.45, 7) is 12.2. The molecular weight excluding hydrogens is 512 g/mol. The molecule has 4 saturated carbocycles. The van der Waals surface area contributed by atoms with Crippen LogP contribution in [0.3, 0.4) is 0 Å². The number of carbonyl (C=O) groups is 2. The molecule has 2 bridgehead atoms. The number of hydrogen-bond acceptors (Lipinski definition) is 7. The molecule has 0 aromatic heterocycles. The Morgan fingerprint density at radius 3 is 2.42 bits per heavy atom. The number of carboxylic acid groups (broad SMARTS) is 1. The van der Waals surface area contributed by atoms with Gasteiger partial charge in [-0.15, -0.1) is 0 Å². The summed E-state index contributed by atoms with van der Waals surface area (Å²) in [5.74, 6) is -0.482. The van der Waals surface area contributed by atoms with Gasteiger partial charge in [-0.3, -0.25) is 9.59 Å². The third-order valence-electron chi connectivity index (χ3n) is 12.4. The maximum absolute atomic E-state index is 12.7. The molecule has 0 aromatic rings. The lowest BCUT2D eigenvalue weighted by atomic mass is 9.43. The smallest absolute Gasteiger partial charge is 0.306 e. The second-order valence-electron chi connectivity index (χ2n) is 14.9. The van der Waals surface area contributed by atoms with E-state index < -0.39 is 30.4 Å². The highest BCUT2D eigenvalue weighted by atomic mass is 16.7. The summed E-state index contributed by atoms with van der Waals surface area (Å²) in [5, 5.41) is 32.0. The molecule has 13 unspecified atom stereocenters. The van der Waals surface area contributed by atoms with Gasteiger partial charge in [0.1, 0.15) is 0 Å². The van der Waals surface area contributed by atoms with E-state index in [1.807, 2.05) is 27.7 Å². The van der Waals surface area contributed by atoms with Crippen LogP contribution in [-0.4, -0.2) is 64.6 Å². The first-order chi connectivity index (χ1) is 18.8. The van der Waals surface area contributed by atoms with Crippen molar-refractivity contribution in [3.63, 3.8) is 0 Å². The second kappa shape index (κ2) is 11.1. The van der Waals surface area contributed by atoms with Crippen LogP contribution in [0.4, 0.5) is 0 Å². The van der Waals surface area contributed by atoms with Gasteiger partial charge in [0, 0.05) is 17.8 Å². The van der Waals surface area contributed by atoms with Crippen molar-refractivity contribution in [2.45, 2.75) is 124 Å². The van der Waals surface area contributed by atoms with Crippen molar-refractivity contribution in [2.24, 2.45) is 58.2 Å². The number of ether oxygens (including phenoxy) is 3. The van der Waals surface area contributed by atoms with Gasteiger partial charge < -0.3 is 29.5 Å². The molecule has 0 radical (unpaired) electrons. The van der Waals surface area contributed by atoms with E-state index in [1.165, 1.54) is 0 Å². The molecule has 1 spiro atoms. The Morgan fingerprint density at radius 1 is 1.05 bits per heavy atom. The Bertz CT molecular complexity index is 953. The van der Waals surface area contributed by atoms with Gasteiger partial charge in [-0.25, -0.2) is 0 Å². The zero-order chi connectivity index (χ0) is 29.1. The lowest BCUT2D eigenvalue weighted by molar-refractivity contribution is -0.303. The number of carbonyl (C=O) groups excluding carboxylic acids is 1. The molecule has 5 aliphatic rings. The first kappa shape index (κ1) is 30.2. The third-order valence-corrected chi connectivity index (χ3v) is 12.4. The second-order valence-corrected chi connectivity index (χ2v) is 14.9. The van der Waals surface area contributed by atoms with Crippen molar-refractivity contribution < 1.29 is 39.1 Å². The van der Waals surface area contributed by atoms with Gasteiger partial charge in [0.15, 0.2) is 12.4 Å². The fraction of sp³-hybridized carbons (Fsp3) is 0.938. The normalized spacial score (nSPS) is 50.2. The minimum absolute atomic E-state index is 0.0382. The average molecular weight is 565 g/mol. The van der Waals surface area contributed by atoms with E-state index in [9.17, 15) is 24.9 Å². The van der Waals surface area contributed by atoms with E-state index in [2.05, 4.69) is 13.8 Å². The molecule has 1 aliphatic heterocycles. The van der Waals surface area contributed by atoms with E-state index in [4.69, 9.17) is 14.2 Å². The first-order valence-electron chi connectivity index (χ1n) is 15.8. The summed E-state index contributed by atoms with van der Waals surface area (Å²) in [7, 11) is 0. The van der Waals surface area contributed by atoms with Crippen LogP contribution in [0.15, 0.2) is 0 Å². The van der Waals surface area contributed by atoms with E-state index in [0.29, 0.717) is 25.2 Å². The molecule has 14 atom stereocenters. The maximum Gasteiger partial charge on any atom is 0.306 e. The van der Waals surface area contributed by atoms with Crippen LogP contribution in [-0.2, 0) is 23.8 Å². The molecule has 0 amide bonds. The number of aliphatic hydroxyl groups excluding tert-OH is 2. The highest BCUT2D eigenvalue weighted by Crippen LogP contribution is 2.71. The van der Waals surface area contributed by atoms with Gasteiger partial charge in [0.05, 0.1) is 30.8 Å². The van der Waals surface area contributed by atoms with Gasteiger partial charge in [0.2, 0.25) is 0 Å². The van der Waals surface area contributed by atoms with Crippen molar-refractivity contribution in [3.05, 3.63) is 0 Å². The van der Waals surface area contributed by atoms with Crippen LogP contribution in [0.2, 0.25) is 0 Å². The SMILES string of the molecule is CC(C)CC(=O)OC1C(OC2CC(C(=O)O)C3CCC45CC(CCC4C3(C)C2)C(C)C5O)OC(CO)C(C)[C@@H]1C. The van der Waals surface area contributed by atoms with Crippen molar-refractivity contribution in [1.29, 1.82) is 0 Å². The standard InChI is InChI=1S/C32H52O8/c1-16(2)11-26(34)40-27-18(4)17(3)24(15-33)39-30(27)38-21-12-22(29(36)37)23-9-10-32-13-20(19(5)28(32)35)7-8-25(32)31(23,6)14-21/h16-25,27-28,30,33,35H,7-15H2,1-6H3,(H,36,37)/t17?,18-,19?,20?,21?,22?,23?,24?,25?,27?,28?,30?,31?,32?/m0/s1. The highest BCUT2D eigenvalue weighted by molar-refractivity contribution is 5.71. The number of carboxylic acids is 1. The molecule has 8 heteroatoms. The minimum atomic E-state index is -0.871. The Morgan fingerprint density at radius 2 is 1.77 bits per heavy atom. The summed E-state index contributed by atoms with van der Waals surface area (Å²) in [4.78, 5) is 25.4. The molecule has 5 fully saturated rings. The Hall–Kier alpha value is -1.22. The number of aliphatic carboxylic acids is 1.